The summed E-state index contributed by atoms with van der Waals surface area (Å²) >= 11 is 6.05. The van der Waals surface area contributed by atoms with Crippen LogP contribution >= 0.6 is 24.0 Å². The molecular weight excluding hydrogens is 291 g/mol. The molecule has 1 saturated heterocycles. The van der Waals surface area contributed by atoms with Crippen LogP contribution in [0.2, 0.25) is 5.02 Å². The maximum atomic E-state index is 12.3. The van der Waals surface area contributed by atoms with E-state index in [9.17, 15) is 4.79 Å². The molecule has 1 aromatic carbocycles. The Kier molecular flexibility index (Phi) is 4.08. The van der Waals surface area contributed by atoms with E-state index in [1.54, 1.807) is 17.0 Å². The van der Waals surface area contributed by atoms with E-state index < -0.39 is 0 Å². The molecule has 0 bridgehead atoms. The summed E-state index contributed by atoms with van der Waals surface area (Å²) in [6, 6.07) is 3.35. The van der Waals surface area contributed by atoms with E-state index in [0.717, 1.165) is 6.42 Å². The first-order chi connectivity index (χ1) is 8.65. The number of rotatable bonds is 1. The maximum absolute atomic E-state index is 12.3. The molecule has 2 heterocycles. The second-order valence-corrected chi connectivity index (χ2v) is 4.90. The lowest BCUT2D eigenvalue weighted by Crippen LogP contribution is -2.31. The van der Waals surface area contributed by atoms with Crippen LogP contribution in [0.15, 0.2) is 12.1 Å². The molecule has 0 aromatic heterocycles. The van der Waals surface area contributed by atoms with Gasteiger partial charge in [-0.2, -0.15) is 0 Å². The fourth-order valence-electron chi connectivity index (χ4n) is 2.25. The van der Waals surface area contributed by atoms with Crippen LogP contribution in [0.1, 0.15) is 16.8 Å². The largest absolute Gasteiger partial charge is 0.454 e. The molecule has 0 spiro atoms. The third kappa shape index (κ3) is 2.59. The molecule has 104 valence electrons. The highest BCUT2D eigenvalue weighted by atomic mass is 35.5. The number of hydrogen-bond acceptors (Lipinski definition) is 4. The summed E-state index contributed by atoms with van der Waals surface area (Å²) in [5, 5.41) is 0.400. The summed E-state index contributed by atoms with van der Waals surface area (Å²) in [5.41, 5.74) is 6.31. The molecule has 2 aliphatic rings. The van der Waals surface area contributed by atoms with Crippen LogP contribution in [0, 0.1) is 0 Å². The number of benzene rings is 1. The average Bonchev–Trinajstić information content (AvgIpc) is 2.96. The Morgan fingerprint density at radius 2 is 2.21 bits per heavy atom. The normalized spacial score (nSPS) is 20.3. The van der Waals surface area contributed by atoms with Crippen LogP contribution in [0.25, 0.3) is 0 Å². The van der Waals surface area contributed by atoms with Gasteiger partial charge in [-0.25, -0.2) is 0 Å². The van der Waals surface area contributed by atoms with Crippen LogP contribution < -0.4 is 15.2 Å². The molecule has 0 unspecified atom stereocenters. The molecule has 0 saturated carbocycles. The van der Waals surface area contributed by atoms with Gasteiger partial charge in [0.05, 0.1) is 5.02 Å². The molecule has 1 atom stereocenters. The quantitative estimate of drug-likeness (QED) is 0.857. The molecule has 7 heteroatoms. The van der Waals surface area contributed by atoms with Crippen molar-refractivity contribution in [1.29, 1.82) is 0 Å². The molecule has 3 rings (SSSR count). The summed E-state index contributed by atoms with van der Waals surface area (Å²) in [5.74, 6) is 0.962. The standard InChI is InChI=1S/C12H13ClN2O3.ClH/c13-9-3-7(4-10-11(9)18-6-17-10)12(16)15-2-1-8(14)5-15;/h3-4,8H,1-2,5-6,14H2;1H/t8-;/m1./s1. The fraction of sp³-hybridized carbons (Fsp3) is 0.417. The minimum Gasteiger partial charge on any atom is -0.454 e. The van der Waals surface area contributed by atoms with Crippen molar-refractivity contribution in [2.75, 3.05) is 19.9 Å². The third-order valence-corrected chi connectivity index (χ3v) is 3.47. The third-order valence-electron chi connectivity index (χ3n) is 3.19. The van der Waals surface area contributed by atoms with Gasteiger partial charge < -0.3 is 20.1 Å². The number of carbonyl (C=O) groups excluding carboxylic acids is 1. The lowest BCUT2D eigenvalue weighted by Gasteiger charge is -2.16. The number of hydrogen-bond donors (Lipinski definition) is 1. The van der Waals surface area contributed by atoms with E-state index in [4.69, 9.17) is 26.8 Å². The lowest BCUT2D eigenvalue weighted by molar-refractivity contribution is 0.0790. The van der Waals surface area contributed by atoms with Crippen molar-refractivity contribution in [2.45, 2.75) is 12.5 Å². The van der Waals surface area contributed by atoms with Gasteiger partial charge in [-0.05, 0) is 18.6 Å². The zero-order valence-electron chi connectivity index (χ0n) is 10.1. The fourth-order valence-corrected chi connectivity index (χ4v) is 2.51. The van der Waals surface area contributed by atoms with Gasteiger partial charge in [-0.1, -0.05) is 11.6 Å². The summed E-state index contributed by atoms with van der Waals surface area (Å²) < 4.78 is 10.5. The molecule has 5 nitrogen and oxygen atoms in total. The molecular formula is C12H14Cl2N2O3. The molecule has 2 N–H and O–H groups in total. The highest BCUT2D eigenvalue weighted by molar-refractivity contribution is 6.32. The molecule has 0 aliphatic carbocycles. The Bertz CT molecular complexity index is 510. The molecule has 19 heavy (non-hydrogen) atoms. The monoisotopic (exact) mass is 304 g/mol. The van der Waals surface area contributed by atoms with Gasteiger partial charge >= 0.3 is 0 Å². The first-order valence-electron chi connectivity index (χ1n) is 5.79. The molecule has 1 amide bonds. The number of ether oxygens (including phenoxy) is 2. The molecule has 2 aliphatic heterocycles. The zero-order chi connectivity index (χ0) is 12.7. The van der Waals surface area contributed by atoms with E-state index >= 15 is 0 Å². The van der Waals surface area contributed by atoms with Gasteiger partial charge in [0.2, 0.25) is 6.79 Å². The van der Waals surface area contributed by atoms with Crippen LogP contribution in [0.3, 0.4) is 0 Å². The van der Waals surface area contributed by atoms with Gasteiger partial charge in [-0.3, -0.25) is 4.79 Å². The van der Waals surface area contributed by atoms with Gasteiger partial charge in [-0.15, -0.1) is 12.4 Å². The van der Waals surface area contributed by atoms with Gasteiger partial charge in [0.1, 0.15) is 0 Å². The lowest BCUT2D eigenvalue weighted by atomic mass is 10.1. The minimum absolute atomic E-state index is 0. The van der Waals surface area contributed by atoms with Crippen molar-refractivity contribution in [3.63, 3.8) is 0 Å². The van der Waals surface area contributed by atoms with E-state index in [-0.39, 0.29) is 31.1 Å². The summed E-state index contributed by atoms with van der Waals surface area (Å²) in [6.45, 7) is 1.41. The van der Waals surface area contributed by atoms with Crippen LogP contribution in [-0.4, -0.2) is 36.7 Å². The van der Waals surface area contributed by atoms with Gasteiger partial charge in [0, 0.05) is 24.7 Å². The highest BCUT2D eigenvalue weighted by Crippen LogP contribution is 2.40. The number of nitrogens with zero attached hydrogens (tertiary/aromatic N) is 1. The van der Waals surface area contributed by atoms with E-state index in [1.807, 2.05) is 0 Å². The predicted molar refractivity (Wildman–Crippen MR) is 73.3 cm³/mol. The van der Waals surface area contributed by atoms with Gasteiger partial charge in [0.25, 0.3) is 5.91 Å². The van der Waals surface area contributed by atoms with E-state index in [1.165, 1.54) is 0 Å². The number of likely N-dealkylation sites (tertiary alicyclic amines) is 1. The number of nitrogens with two attached hydrogens (primary N) is 1. The van der Waals surface area contributed by atoms with Crippen molar-refractivity contribution in [3.8, 4) is 11.5 Å². The Balaban J connectivity index is 0.00000133. The minimum atomic E-state index is -0.0665. The van der Waals surface area contributed by atoms with Gasteiger partial charge in [0.15, 0.2) is 11.5 Å². The molecule has 0 radical (unpaired) electrons. The zero-order valence-corrected chi connectivity index (χ0v) is 11.7. The molecule has 1 aromatic rings. The SMILES string of the molecule is Cl.N[C@@H]1CCN(C(=O)c2cc(Cl)c3c(c2)OCO3)C1. The Morgan fingerprint density at radius 1 is 1.42 bits per heavy atom. The van der Waals surface area contributed by atoms with E-state index in [2.05, 4.69) is 0 Å². The summed E-state index contributed by atoms with van der Waals surface area (Å²) in [7, 11) is 0. The number of fused-ring (bicyclic) bond motifs is 1. The topological polar surface area (TPSA) is 64.8 Å². The Morgan fingerprint density at radius 3 is 2.89 bits per heavy atom. The number of amides is 1. The Hall–Kier alpha value is -1.17. The second-order valence-electron chi connectivity index (χ2n) is 4.49. The Labute approximate surface area is 122 Å². The summed E-state index contributed by atoms with van der Waals surface area (Å²) in [4.78, 5) is 14.0. The predicted octanol–water partition coefficient (Wildman–Crippen LogP) is 1.66. The van der Waals surface area contributed by atoms with Crippen molar-refractivity contribution < 1.29 is 14.3 Å². The first kappa shape index (κ1) is 14.2. The first-order valence-corrected chi connectivity index (χ1v) is 6.17. The van der Waals surface area contributed by atoms with E-state index in [0.29, 0.717) is 35.2 Å². The maximum Gasteiger partial charge on any atom is 0.254 e. The molecule has 1 fully saturated rings. The van der Waals surface area contributed by atoms with Crippen LogP contribution in [0.5, 0.6) is 11.5 Å². The van der Waals surface area contributed by atoms with Crippen LogP contribution in [-0.2, 0) is 0 Å². The highest BCUT2D eigenvalue weighted by Gasteiger charge is 2.27. The average molecular weight is 305 g/mol. The number of carbonyl (C=O) groups is 1. The number of halogens is 2. The van der Waals surface area contributed by atoms with Crippen molar-refractivity contribution in [3.05, 3.63) is 22.7 Å². The van der Waals surface area contributed by atoms with Crippen LogP contribution in [0.4, 0.5) is 0 Å². The summed E-state index contributed by atoms with van der Waals surface area (Å²) in [6.07, 6.45) is 0.837. The van der Waals surface area contributed by atoms with Crippen molar-refractivity contribution in [1.82, 2.24) is 4.90 Å². The smallest absolute Gasteiger partial charge is 0.254 e. The van der Waals surface area contributed by atoms with Crippen molar-refractivity contribution in [2.24, 2.45) is 5.73 Å². The second kappa shape index (κ2) is 5.45. The van der Waals surface area contributed by atoms with Crippen molar-refractivity contribution >= 4 is 29.9 Å².